The molecule has 0 radical (unpaired) electrons. The van der Waals surface area contributed by atoms with Crippen LogP contribution in [0.5, 0.6) is 0 Å². The van der Waals surface area contributed by atoms with Crippen LogP contribution in [0.15, 0.2) is 22.8 Å². The maximum atomic E-state index is 11.7. The van der Waals surface area contributed by atoms with Gasteiger partial charge in [-0.25, -0.2) is 0 Å². The van der Waals surface area contributed by atoms with Crippen molar-refractivity contribution in [3.63, 3.8) is 0 Å². The number of nitrogens with two attached hydrogens (primary N) is 1. The van der Waals surface area contributed by atoms with Gasteiger partial charge in [-0.05, 0) is 25.5 Å². The molecular formula is C11H18N2O2. The maximum absolute atomic E-state index is 11.7. The number of carbonyl (C=O) groups excluding carboxylic acids is 1. The molecule has 0 aliphatic rings. The van der Waals surface area contributed by atoms with Crippen LogP contribution in [0.3, 0.4) is 0 Å². The molecule has 1 unspecified atom stereocenters. The van der Waals surface area contributed by atoms with Gasteiger partial charge in [-0.3, -0.25) is 4.79 Å². The third kappa shape index (κ3) is 3.40. The average Bonchev–Trinajstić information content (AvgIpc) is 2.66. The Morgan fingerprint density at radius 3 is 2.93 bits per heavy atom. The van der Waals surface area contributed by atoms with Crippen LogP contribution >= 0.6 is 0 Å². The van der Waals surface area contributed by atoms with E-state index in [1.165, 1.54) is 0 Å². The molecule has 1 rings (SSSR count). The van der Waals surface area contributed by atoms with Crippen LogP contribution in [0.25, 0.3) is 0 Å². The summed E-state index contributed by atoms with van der Waals surface area (Å²) in [5.41, 5.74) is 5.08. The highest BCUT2D eigenvalue weighted by atomic mass is 16.3. The Bertz CT molecular complexity index is 304. The second-order valence-corrected chi connectivity index (χ2v) is 3.93. The van der Waals surface area contributed by atoms with Gasteiger partial charge in [0.1, 0.15) is 5.76 Å². The highest BCUT2D eigenvalue weighted by Crippen LogP contribution is 2.09. The first-order valence-electron chi connectivity index (χ1n) is 5.16. The predicted molar refractivity (Wildman–Crippen MR) is 58.1 cm³/mol. The van der Waals surface area contributed by atoms with Crippen LogP contribution in [0.1, 0.15) is 32.4 Å². The fraction of sp³-hybridized carbons (Fsp3) is 0.545. The molecule has 4 heteroatoms. The molecule has 1 aromatic heterocycles. The van der Waals surface area contributed by atoms with Gasteiger partial charge in [0.05, 0.1) is 18.3 Å². The summed E-state index contributed by atoms with van der Waals surface area (Å²) in [7, 11) is 0. The lowest BCUT2D eigenvalue weighted by Gasteiger charge is -2.22. The van der Waals surface area contributed by atoms with Crippen LogP contribution in [-0.2, 0) is 11.3 Å². The Morgan fingerprint density at radius 1 is 1.67 bits per heavy atom. The van der Waals surface area contributed by atoms with E-state index >= 15 is 0 Å². The van der Waals surface area contributed by atoms with E-state index in [2.05, 4.69) is 5.32 Å². The number of hydrogen-bond acceptors (Lipinski definition) is 3. The third-order valence-corrected chi connectivity index (χ3v) is 2.29. The van der Waals surface area contributed by atoms with Crippen LogP contribution in [0, 0.1) is 0 Å². The zero-order valence-corrected chi connectivity index (χ0v) is 9.25. The van der Waals surface area contributed by atoms with Crippen molar-refractivity contribution < 1.29 is 9.21 Å². The van der Waals surface area contributed by atoms with Gasteiger partial charge in [0.2, 0.25) is 5.91 Å². The molecular weight excluding hydrogens is 192 g/mol. The van der Waals surface area contributed by atoms with Gasteiger partial charge in [-0.1, -0.05) is 13.3 Å². The molecule has 1 aromatic rings. The van der Waals surface area contributed by atoms with Crippen molar-refractivity contribution in [2.24, 2.45) is 5.73 Å². The van der Waals surface area contributed by atoms with E-state index < -0.39 is 5.54 Å². The SMILES string of the molecule is CCCC(C)(N)C(=O)NCc1ccco1. The summed E-state index contributed by atoms with van der Waals surface area (Å²) in [5, 5.41) is 2.75. The van der Waals surface area contributed by atoms with Gasteiger partial charge in [-0.15, -0.1) is 0 Å². The van der Waals surface area contributed by atoms with E-state index in [0.29, 0.717) is 13.0 Å². The van der Waals surface area contributed by atoms with Crippen molar-refractivity contribution in [2.75, 3.05) is 0 Å². The monoisotopic (exact) mass is 210 g/mol. The van der Waals surface area contributed by atoms with Crippen LogP contribution in [-0.4, -0.2) is 11.4 Å². The van der Waals surface area contributed by atoms with E-state index in [1.54, 1.807) is 19.3 Å². The highest BCUT2D eigenvalue weighted by molar-refractivity contribution is 5.85. The number of amides is 1. The minimum Gasteiger partial charge on any atom is -0.467 e. The van der Waals surface area contributed by atoms with Gasteiger partial charge in [0.15, 0.2) is 0 Å². The normalized spacial score (nSPS) is 14.6. The van der Waals surface area contributed by atoms with E-state index in [1.807, 2.05) is 13.0 Å². The summed E-state index contributed by atoms with van der Waals surface area (Å²) in [6, 6.07) is 3.60. The van der Waals surface area contributed by atoms with Crippen LogP contribution in [0.4, 0.5) is 0 Å². The molecule has 0 aliphatic carbocycles. The number of hydrogen-bond donors (Lipinski definition) is 2. The molecule has 0 spiro atoms. The first-order chi connectivity index (χ1) is 7.06. The molecule has 0 saturated heterocycles. The van der Waals surface area contributed by atoms with Crippen molar-refractivity contribution in [3.05, 3.63) is 24.2 Å². The van der Waals surface area contributed by atoms with Gasteiger partial charge < -0.3 is 15.5 Å². The molecule has 0 saturated carbocycles. The lowest BCUT2D eigenvalue weighted by Crippen LogP contribution is -2.51. The molecule has 1 heterocycles. The van der Waals surface area contributed by atoms with Crippen molar-refractivity contribution in [3.8, 4) is 0 Å². The zero-order valence-electron chi connectivity index (χ0n) is 9.25. The predicted octanol–water partition coefficient (Wildman–Crippen LogP) is 1.41. The third-order valence-electron chi connectivity index (χ3n) is 2.29. The van der Waals surface area contributed by atoms with E-state index in [-0.39, 0.29) is 5.91 Å². The molecule has 0 bridgehead atoms. The summed E-state index contributed by atoms with van der Waals surface area (Å²) >= 11 is 0. The molecule has 0 aromatic carbocycles. The lowest BCUT2D eigenvalue weighted by molar-refractivity contribution is -0.126. The first kappa shape index (κ1) is 11.8. The Hall–Kier alpha value is -1.29. The summed E-state index contributed by atoms with van der Waals surface area (Å²) in [4.78, 5) is 11.7. The molecule has 4 nitrogen and oxygen atoms in total. The van der Waals surface area contributed by atoms with Gasteiger partial charge in [0.25, 0.3) is 0 Å². The average molecular weight is 210 g/mol. The number of furan rings is 1. The smallest absolute Gasteiger partial charge is 0.240 e. The molecule has 0 aliphatic heterocycles. The largest absolute Gasteiger partial charge is 0.467 e. The topological polar surface area (TPSA) is 68.3 Å². The summed E-state index contributed by atoms with van der Waals surface area (Å²) in [5.74, 6) is 0.594. The van der Waals surface area contributed by atoms with Gasteiger partial charge >= 0.3 is 0 Å². The standard InChI is InChI=1S/C11H18N2O2/c1-3-6-11(2,12)10(14)13-8-9-5-4-7-15-9/h4-5,7H,3,6,8,12H2,1-2H3,(H,13,14). The molecule has 0 fully saturated rings. The van der Waals surface area contributed by atoms with Gasteiger partial charge in [0, 0.05) is 0 Å². The maximum Gasteiger partial charge on any atom is 0.240 e. The Labute approximate surface area is 89.8 Å². The minimum atomic E-state index is -0.790. The Kier molecular flexibility index (Phi) is 3.91. The van der Waals surface area contributed by atoms with Gasteiger partial charge in [-0.2, -0.15) is 0 Å². The van der Waals surface area contributed by atoms with Crippen molar-refractivity contribution in [2.45, 2.75) is 38.8 Å². The number of nitrogens with one attached hydrogen (secondary N) is 1. The molecule has 1 atom stereocenters. The second-order valence-electron chi connectivity index (χ2n) is 3.93. The summed E-state index contributed by atoms with van der Waals surface area (Å²) in [6.45, 7) is 4.14. The molecule has 15 heavy (non-hydrogen) atoms. The van der Waals surface area contributed by atoms with Crippen LogP contribution < -0.4 is 11.1 Å². The fourth-order valence-corrected chi connectivity index (χ4v) is 1.42. The number of carbonyl (C=O) groups is 1. The Balaban J connectivity index is 2.42. The van der Waals surface area contributed by atoms with Crippen molar-refractivity contribution >= 4 is 5.91 Å². The molecule has 84 valence electrons. The zero-order chi connectivity index (χ0) is 11.3. The summed E-state index contributed by atoms with van der Waals surface area (Å²) in [6.07, 6.45) is 3.15. The quantitative estimate of drug-likeness (QED) is 0.772. The van der Waals surface area contributed by atoms with E-state index in [4.69, 9.17) is 10.2 Å². The Morgan fingerprint density at radius 2 is 2.40 bits per heavy atom. The molecule has 1 amide bonds. The van der Waals surface area contributed by atoms with E-state index in [0.717, 1.165) is 12.2 Å². The molecule has 3 N–H and O–H groups in total. The second kappa shape index (κ2) is 4.98. The van der Waals surface area contributed by atoms with E-state index in [9.17, 15) is 4.79 Å². The van der Waals surface area contributed by atoms with Crippen molar-refractivity contribution in [1.82, 2.24) is 5.32 Å². The van der Waals surface area contributed by atoms with Crippen LogP contribution in [0.2, 0.25) is 0 Å². The van der Waals surface area contributed by atoms with Crippen molar-refractivity contribution in [1.29, 1.82) is 0 Å². The summed E-state index contributed by atoms with van der Waals surface area (Å²) < 4.78 is 5.10. The first-order valence-corrected chi connectivity index (χ1v) is 5.16. The highest BCUT2D eigenvalue weighted by Gasteiger charge is 2.26. The lowest BCUT2D eigenvalue weighted by atomic mass is 9.96. The minimum absolute atomic E-state index is 0.138. The number of rotatable bonds is 5. The fourth-order valence-electron chi connectivity index (χ4n) is 1.42.